The van der Waals surface area contributed by atoms with Gasteiger partial charge in [0.15, 0.2) is 11.6 Å². The second-order valence-corrected chi connectivity index (χ2v) is 5.78. The van der Waals surface area contributed by atoms with Crippen molar-refractivity contribution in [2.24, 2.45) is 5.73 Å². The van der Waals surface area contributed by atoms with E-state index < -0.39 is 17.2 Å². The Morgan fingerprint density at radius 1 is 1.19 bits per heavy atom. The lowest BCUT2D eigenvalue weighted by Gasteiger charge is -2.36. The van der Waals surface area contributed by atoms with Crippen LogP contribution in [-0.2, 0) is 14.3 Å². The first-order valence-corrected chi connectivity index (χ1v) is 7.91. The van der Waals surface area contributed by atoms with Gasteiger partial charge in [0.25, 0.3) is 0 Å². The maximum Gasteiger partial charge on any atom is 0.180 e. The van der Waals surface area contributed by atoms with E-state index in [9.17, 15) is 9.59 Å². The lowest BCUT2D eigenvalue weighted by molar-refractivity contribution is -0.161. The first kappa shape index (κ1) is 20.2. The van der Waals surface area contributed by atoms with Gasteiger partial charge in [-0.15, -0.1) is 0 Å². The van der Waals surface area contributed by atoms with Crippen molar-refractivity contribution in [1.82, 2.24) is 5.32 Å². The summed E-state index contributed by atoms with van der Waals surface area (Å²) in [5, 5.41) is 3.19. The molecule has 2 atom stereocenters. The van der Waals surface area contributed by atoms with Crippen molar-refractivity contribution in [2.75, 3.05) is 13.1 Å². The Balaban J connectivity index is 5.09. The minimum atomic E-state index is -0.863. The summed E-state index contributed by atoms with van der Waals surface area (Å²) in [6, 6.07) is 0. The Labute approximate surface area is 129 Å². The highest BCUT2D eigenvalue weighted by Gasteiger charge is 2.40. The van der Waals surface area contributed by atoms with Crippen molar-refractivity contribution in [2.45, 2.75) is 78.0 Å². The number of rotatable bonds is 11. The highest BCUT2D eigenvalue weighted by atomic mass is 16.5. The number of nitrogens with one attached hydrogen (secondary N) is 1. The minimum Gasteiger partial charge on any atom is -0.356 e. The van der Waals surface area contributed by atoms with E-state index in [4.69, 9.17) is 10.5 Å². The summed E-state index contributed by atoms with van der Waals surface area (Å²) in [6.07, 6.45) is 1.14. The smallest absolute Gasteiger partial charge is 0.180 e. The Kier molecular flexibility index (Phi) is 8.29. The summed E-state index contributed by atoms with van der Waals surface area (Å²) in [4.78, 5) is 24.6. The molecule has 0 spiro atoms. The van der Waals surface area contributed by atoms with Crippen LogP contribution in [-0.4, -0.2) is 41.9 Å². The third-order valence-corrected chi connectivity index (χ3v) is 4.47. The maximum absolute atomic E-state index is 12.7. The van der Waals surface area contributed by atoms with Gasteiger partial charge in [-0.05, 0) is 40.0 Å². The summed E-state index contributed by atoms with van der Waals surface area (Å²) in [5.74, 6) is -0.0637. The summed E-state index contributed by atoms with van der Waals surface area (Å²) in [6.45, 7) is 11.9. The van der Waals surface area contributed by atoms with Gasteiger partial charge in [-0.3, -0.25) is 9.59 Å². The van der Waals surface area contributed by atoms with Crippen molar-refractivity contribution < 1.29 is 14.3 Å². The van der Waals surface area contributed by atoms with E-state index in [0.29, 0.717) is 32.4 Å². The fourth-order valence-corrected chi connectivity index (χ4v) is 2.57. The molecule has 5 heteroatoms. The predicted octanol–water partition coefficient (Wildman–Crippen LogP) is 1.83. The topological polar surface area (TPSA) is 81.4 Å². The molecule has 0 fully saturated rings. The van der Waals surface area contributed by atoms with Crippen LogP contribution < -0.4 is 11.1 Å². The molecule has 3 N–H and O–H groups in total. The SMILES string of the molecule is CCC(C)(NCCN)C(=O)[C@H](C)OC(CC)(CC)C(C)=O. The zero-order chi connectivity index (χ0) is 16.7. The number of carbonyl (C=O) groups excluding carboxylic acids is 2. The number of hydrogen-bond donors (Lipinski definition) is 2. The monoisotopic (exact) mass is 300 g/mol. The molecule has 0 heterocycles. The molecule has 0 saturated carbocycles. The fourth-order valence-electron chi connectivity index (χ4n) is 2.57. The molecule has 0 saturated heterocycles. The maximum atomic E-state index is 12.7. The van der Waals surface area contributed by atoms with Crippen molar-refractivity contribution >= 4 is 11.6 Å². The van der Waals surface area contributed by atoms with Crippen molar-refractivity contribution in [3.05, 3.63) is 0 Å². The molecule has 1 unspecified atom stereocenters. The van der Waals surface area contributed by atoms with Crippen LogP contribution in [0.25, 0.3) is 0 Å². The number of carbonyl (C=O) groups is 2. The molecule has 0 bridgehead atoms. The van der Waals surface area contributed by atoms with Gasteiger partial charge < -0.3 is 15.8 Å². The Morgan fingerprint density at radius 2 is 1.71 bits per heavy atom. The lowest BCUT2D eigenvalue weighted by atomic mass is 9.88. The van der Waals surface area contributed by atoms with Gasteiger partial charge in [0.1, 0.15) is 11.7 Å². The summed E-state index contributed by atoms with van der Waals surface area (Å²) >= 11 is 0. The molecule has 124 valence electrons. The first-order valence-electron chi connectivity index (χ1n) is 7.91. The molecule has 0 aliphatic heterocycles. The average molecular weight is 300 g/mol. The van der Waals surface area contributed by atoms with Crippen LogP contribution in [0, 0.1) is 0 Å². The van der Waals surface area contributed by atoms with Gasteiger partial charge >= 0.3 is 0 Å². The number of Topliss-reactive ketones (excluding diaryl/α,β-unsaturated/α-hetero) is 2. The van der Waals surface area contributed by atoms with Crippen LogP contribution in [0.5, 0.6) is 0 Å². The van der Waals surface area contributed by atoms with Gasteiger partial charge in [-0.25, -0.2) is 0 Å². The Hall–Kier alpha value is -0.780. The Morgan fingerprint density at radius 3 is 2.05 bits per heavy atom. The molecule has 5 nitrogen and oxygen atoms in total. The van der Waals surface area contributed by atoms with E-state index in [-0.39, 0.29) is 11.6 Å². The molecule has 0 aliphatic rings. The molecule has 0 aromatic carbocycles. The summed E-state index contributed by atoms with van der Waals surface area (Å²) in [7, 11) is 0. The lowest BCUT2D eigenvalue weighted by Crippen LogP contribution is -2.56. The number of nitrogens with two attached hydrogens (primary N) is 1. The van der Waals surface area contributed by atoms with Gasteiger partial charge in [0, 0.05) is 13.1 Å². The van der Waals surface area contributed by atoms with E-state index in [0.717, 1.165) is 0 Å². The van der Waals surface area contributed by atoms with Gasteiger partial charge in [-0.2, -0.15) is 0 Å². The van der Waals surface area contributed by atoms with Crippen LogP contribution >= 0.6 is 0 Å². The summed E-state index contributed by atoms with van der Waals surface area (Å²) < 4.78 is 5.92. The van der Waals surface area contributed by atoms with E-state index >= 15 is 0 Å². The second-order valence-electron chi connectivity index (χ2n) is 5.78. The summed E-state index contributed by atoms with van der Waals surface area (Å²) in [5.41, 5.74) is 3.96. The van der Waals surface area contributed by atoms with E-state index in [1.807, 2.05) is 27.7 Å². The van der Waals surface area contributed by atoms with E-state index in [1.165, 1.54) is 6.92 Å². The van der Waals surface area contributed by atoms with Crippen LogP contribution in [0.1, 0.15) is 60.8 Å². The highest BCUT2D eigenvalue weighted by molar-refractivity contribution is 5.92. The molecular formula is C16H32N2O3. The molecule has 0 amide bonds. The first-order chi connectivity index (χ1) is 9.72. The quantitative estimate of drug-likeness (QED) is 0.608. The molecule has 0 aliphatic carbocycles. The van der Waals surface area contributed by atoms with Gasteiger partial charge in [0.05, 0.1) is 5.54 Å². The van der Waals surface area contributed by atoms with Gasteiger partial charge in [0.2, 0.25) is 0 Å². The third-order valence-electron chi connectivity index (χ3n) is 4.47. The van der Waals surface area contributed by atoms with Crippen LogP contribution in [0.15, 0.2) is 0 Å². The van der Waals surface area contributed by atoms with Crippen molar-refractivity contribution in [3.8, 4) is 0 Å². The zero-order valence-electron chi connectivity index (χ0n) is 14.4. The number of ether oxygens (including phenoxy) is 1. The second kappa shape index (κ2) is 8.61. The van der Waals surface area contributed by atoms with Crippen LogP contribution in [0.4, 0.5) is 0 Å². The molecule has 0 rings (SSSR count). The van der Waals surface area contributed by atoms with Gasteiger partial charge in [-0.1, -0.05) is 20.8 Å². The zero-order valence-corrected chi connectivity index (χ0v) is 14.4. The van der Waals surface area contributed by atoms with Crippen LogP contribution in [0.2, 0.25) is 0 Å². The standard InChI is InChI=1S/C16H32N2O3/c1-7-15(6,18-11-10-17)14(20)12(4)21-16(8-2,9-3)13(5)19/h12,18H,7-11,17H2,1-6H3/t12-,15?/m0/s1. The average Bonchev–Trinajstić information content (AvgIpc) is 2.48. The third kappa shape index (κ3) is 4.87. The molecule has 0 aromatic rings. The largest absolute Gasteiger partial charge is 0.356 e. The highest BCUT2D eigenvalue weighted by Crippen LogP contribution is 2.26. The van der Waals surface area contributed by atoms with E-state index in [2.05, 4.69) is 5.32 Å². The predicted molar refractivity (Wildman–Crippen MR) is 85.3 cm³/mol. The number of hydrogen-bond acceptors (Lipinski definition) is 5. The van der Waals surface area contributed by atoms with Crippen molar-refractivity contribution in [3.63, 3.8) is 0 Å². The molecular weight excluding hydrogens is 268 g/mol. The molecule has 21 heavy (non-hydrogen) atoms. The number of ketones is 2. The van der Waals surface area contributed by atoms with E-state index in [1.54, 1.807) is 6.92 Å². The fraction of sp³-hybridized carbons (Fsp3) is 0.875. The normalized spacial score (nSPS) is 16.3. The van der Waals surface area contributed by atoms with Crippen LogP contribution in [0.3, 0.4) is 0 Å². The molecule has 0 radical (unpaired) electrons. The molecule has 0 aromatic heterocycles. The Bertz CT molecular complexity index is 353. The minimum absolute atomic E-state index is 0.0275. The van der Waals surface area contributed by atoms with Crippen molar-refractivity contribution in [1.29, 1.82) is 0 Å².